The molecule has 2 aliphatic heterocycles. The average molecular weight is 374 g/mol. The van der Waals surface area contributed by atoms with E-state index < -0.39 is 0 Å². The monoisotopic (exact) mass is 374 g/mol. The van der Waals surface area contributed by atoms with Crippen LogP contribution in [0.4, 0.5) is 4.79 Å². The molecule has 27 heavy (non-hydrogen) atoms. The number of nitrogens with one attached hydrogen (secondary N) is 1. The van der Waals surface area contributed by atoms with E-state index in [2.05, 4.69) is 39.5 Å². The maximum Gasteiger partial charge on any atom is 0.409 e. The minimum Gasteiger partial charge on any atom is -0.450 e. The number of hydrogen-bond donors (Lipinski definition) is 1. The zero-order valence-corrected chi connectivity index (χ0v) is 16.3. The summed E-state index contributed by atoms with van der Waals surface area (Å²) in [6.07, 6.45) is 0.951. The molecule has 7 nitrogen and oxygen atoms in total. The Bertz CT molecular complexity index is 629. The smallest absolute Gasteiger partial charge is 0.409 e. The highest BCUT2D eigenvalue weighted by atomic mass is 16.6. The first-order chi connectivity index (χ1) is 13.2. The van der Waals surface area contributed by atoms with Crippen molar-refractivity contribution >= 4 is 12.1 Å². The molecule has 148 valence electrons. The number of nitrogens with zero attached hydrogens (tertiary/aromatic N) is 3. The molecule has 0 radical (unpaired) electrons. The third-order valence-electron chi connectivity index (χ3n) is 5.18. The maximum absolute atomic E-state index is 11.8. The second-order valence-electron chi connectivity index (χ2n) is 6.85. The van der Waals surface area contributed by atoms with Crippen molar-refractivity contribution in [3.05, 3.63) is 35.9 Å². The number of amides is 1. The predicted molar refractivity (Wildman–Crippen MR) is 105 cm³/mol. The number of piperazine rings is 1. The molecule has 1 aromatic rings. The molecular weight excluding hydrogens is 344 g/mol. The predicted octanol–water partition coefficient (Wildman–Crippen LogP) is 2.11. The Kier molecular flexibility index (Phi) is 6.92. The number of benzene rings is 1. The fraction of sp³-hybridized carbons (Fsp3) is 0.600. The summed E-state index contributed by atoms with van der Waals surface area (Å²) in [4.78, 5) is 20.2. The van der Waals surface area contributed by atoms with Crippen LogP contribution in [0, 0.1) is 5.92 Å². The molecule has 2 fully saturated rings. The summed E-state index contributed by atoms with van der Waals surface area (Å²) in [7, 11) is 1.81. The van der Waals surface area contributed by atoms with E-state index in [-0.39, 0.29) is 12.2 Å². The van der Waals surface area contributed by atoms with Crippen molar-refractivity contribution < 1.29 is 14.3 Å². The molecule has 0 spiro atoms. The van der Waals surface area contributed by atoms with Gasteiger partial charge in [-0.2, -0.15) is 0 Å². The molecule has 0 aromatic heterocycles. The van der Waals surface area contributed by atoms with Crippen LogP contribution in [0.25, 0.3) is 0 Å². The minimum atomic E-state index is -0.228. The second kappa shape index (κ2) is 9.60. The van der Waals surface area contributed by atoms with Gasteiger partial charge >= 0.3 is 6.09 Å². The first kappa shape index (κ1) is 19.5. The summed E-state index contributed by atoms with van der Waals surface area (Å²) < 4.78 is 11.1. The number of rotatable bonds is 4. The molecule has 1 aromatic carbocycles. The van der Waals surface area contributed by atoms with Gasteiger partial charge in [-0.05, 0) is 18.9 Å². The molecular formula is C20H30N4O3. The normalized spacial score (nSPS) is 23.4. The van der Waals surface area contributed by atoms with Crippen LogP contribution in [-0.2, 0) is 9.47 Å². The third kappa shape index (κ3) is 4.91. The van der Waals surface area contributed by atoms with Crippen molar-refractivity contribution in [2.75, 3.05) is 53.0 Å². The summed E-state index contributed by atoms with van der Waals surface area (Å²) in [6.45, 7) is 6.66. The summed E-state index contributed by atoms with van der Waals surface area (Å²) in [6, 6.07) is 10.4. The first-order valence-corrected chi connectivity index (χ1v) is 9.76. The number of hydrogen-bond acceptors (Lipinski definition) is 4. The van der Waals surface area contributed by atoms with Gasteiger partial charge in [-0.25, -0.2) is 4.79 Å². The van der Waals surface area contributed by atoms with E-state index in [0.717, 1.165) is 38.6 Å². The van der Waals surface area contributed by atoms with Gasteiger partial charge in [0.05, 0.1) is 12.7 Å². The Hall–Kier alpha value is -2.28. The van der Waals surface area contributed by atoms with E-state index in [9.17, 15) is 4.79 Å². The third-order valence-corrected chi connectivity index (χ3v) is 5.18. The fourth-order valence-electron chi connectivity index (χ4n) is 3.72. The quantitative estimate of drug-likeness (QED) is 0.646. The van der Waals surface area contributed by atoms with Gasteiger partial charge in [0.2, 0.25) is 0 Å². The van der Waals surface area contributed by atoms with Crippen LogP contribution in [0.5, 0.6) is 0 Å². The number of ether oxygens (including phenoxy) is 2. The van der Waals surface area contributed by atoms with E-state index in [1.165, 1.54) is 5.56 Å². The van der Waals surface area contributed by atoms with Crippen LogP contribution in [0.2, 0.25) is 0 Å². The Morgan fingerprint density at radius 2 is 1.93 bits per heavy atom. The molecule has 2 aliphatic rings. The summed E-state index contributed by atoms with van der Waals surface area (Å²) in [5, 5.41) is 3.51. The van der Waals surface area contributed by atoms with Crippen LogP contribution in [-0.4, -0.2) is 74.8 Å². The molecule has 0 bridgehead atoms. The lowest BCUT2D eigenvalue weighted by Gasteiger charge is -2.36. The van der Waals surface area contributed by atoms with Gasteiger partial charge in [-0.1, -0.05) is 30.3 Å². The average Bonchev–Trinajstić information content (AvgIpc) is 3.18. The zero-order chi connectivity index (χ0) is 19.1. The number of carbonyl (C=O) groups excluding carboxylic acids is 1. The van der Waals surface area contributed by atoms with Gasteiger partial charge in [0.25, 0.3) is 0 Å². The van der Waals surface area contributed by atoms with Crippen molar-refractivity contribution in [1.82, 2.24) is 15.1 Å². The van der Waals surface area contributed by atoms with E-state index in [0.29, 0.717) is 25.6 Å². The molecule has 0 aliphatic carbocycles. The lowest BCUT2D eigenvalue weighted by molar-refractivity contribution is 0.0887. The number of carbonyl (C=O) groups is 1. The topological polar surface area (TPSA) is 66.4 Å². The van der Waals surface area contributed by atoms with Gasteiger partial charge in [-0.3, -0.25) is 4.99 Å². The molecule has 1 N–H and O–H groups in total. The van der Waals surface area contributed by atoms with Crippen LogP contribution in [0.3, 0.4) is 0 Å². The Morgan fingerprint density at radius 1 is 1.22 bits per heavy atom. The first-order valence-electron chi connectivity index (χ1n) is 9.76. The van der Waals surface area contributed by atoms with Crippen molar-refractivity contribution in [1.29, 1.82) is 0 Å². The summed E-state index contributed by atoms with van der Waals surface area (Å²) in [5.41, 5.74) is 1.24. The summed E-state index contributed by atoms with van der Waals surface area (Å²) in [5.74, 6) is 1.31. The highest BCUT2D eigenvalue weighted by Gasteiger charge is 2.30. The lowest BCUT2D eigenvalue weighted by atomic mass is 9.95. The Morgan fingerprint density at radius 3 is 2.59 bits per heavy atom. The molecule has 7 heteroatoms. The van der Waals surface area contributed by atoms with Crippen LogP contribution >= 0.6 is 0 Å². The van der Waals surface area contributed by atoms with E-state index in [1.54, 1.807) is 11.9 Å². The highest BCUT2D eigenvalue weighted by molar-refractivity contribution is 5.80. The second-order valence-corrected chi connectivity index (χ2v) is 6.85. The molecule has 2 atom stereocenters. The van der Waals surface area contributed by atoms with Crippen molar-refractivity contribution in [3.63, 3.8) is 0 Å². The van der Waals surface area contributed by atoms with Gasteiger partial charge < -0.3 is 24.6 Å². The van der Waals surface area contributed by atoms with Crippen LogP contribution in [0.1, 0.15) is 25.0 Å². The molecule has 2 unspecified atom stereocenters. The van der Waals surface area contributed by atoms with Gasteiger partial charge in [-0.15, -0.1) is 0 Å². The highest BCUT2D eigenvalue weighted by Crippen LogP contribution is 2.33. The summed E-state index contributed by atoms with van der Waals surface area (Å²) >= 11 is 0. The molecule has 2 saturated heterocycles. The Balaban J connectivity index is 1.50. The van der Waals surface area contributed by atoms with E-state index in [1.807, 2.05) is 13.0 Å². The molecule has 1 amide bonds. The van der Waals surface area contributed by atoms with Crippen LogP contribution < -0.4 is 5.32 Å². The number of guanidine groups is 1. The van der Waals surface area contributed by atoms with Gasteiger partial charge in [0.1, 0.15) is 0 Å². The van der Waals surface area contributed by atoms with E-state index >= 15 is 0 Å². The molecule has 0 saturated carbocycles. The fourth-order valence-corrected chi connectivity index (χ4v) is 3.72. The maximum atomic E-state index is 11.8. The minimum absolute atomic E-state index is 0.137. The van der Waals surface area contributed by atoms with Gasteiger partial charge in [0.15, 0.2) is 5.96 Å². The molecule has 2 heterocycles. The van der Waals surface area contributed by atoms with Crippen LogP contribution in [0.15, 0.2) is 35.3 Å². The lowest BCUT2D eigenvalue weighted by Crippen LogP contribution is -2.54. The number of aliphatic imine (C=N–C) groups is 1. The standard InChI is InChI=1S/C20H30N4O3/c1-3-26-20(25)24-12-10-23(11-13-24)19(21-2)22-15-17-9-14-27-18(17)16-7-5-4-6-8-16/h4-8,17-18H,3,9-15H2,1-2H3,(H,21,22). The zero-order valence-electron chi connectivity index (χ0n) is 16.3. The van der Waals surface area contributed by atoms with Crippen molar-refractivity contribution in [3.8, 4) is 0 Å². The van der Waals surface area contributed by atoms with E-state index in [4.69, 9.17) is 9.47 Å². The van der Waals surface area contributed by atoms with Gasteiger partial charge in [0, 0.05) is 52.3 Å². The Labute approximate surface area is 161 Å². The SMILES string of the molecule is CCOC(=O)N1CCN(C(=NC)NCC2CCOC2c2ccccc2)CC1. The largest absolute Gasteiger partial charge is 0.450 e. The van der Waals surface area contributed by atoms with Crippen molar-refractivity contribution in [2.45, 2.75) is 19.4 Å². The van der Waals surface area contributed by atoms with Crippen molar-refractivity contribution in [2.24, 2.45) is 10.9 Å². The molecule has 3 rings (SSSR count).